The maximum atomic E-state index is 12.0. The number of benzene rings is 2. The minimum Gasteiger partial charge on any atom is -0.478 e. The monoisotopic (exact) mass is 304 g/mol. The lowest BCUT2D eigenvalue weighted by molar-refractivity contribution is 0.0697. The van der Waals surface area contributed by atoms with E-state index in [2.05, 4.69) is 5.32 Å². The summed E-state index contributed by atoms with van der Waals surface area (Å²) in [4.78, 5) is 22.9. The zero-order valence-corrected chi connectivity index (χ0v) is 11.7. The van der Waals surface area contributed by atoms with Crippen molar-refractivity contribution in [3.05, 3.63) is 64.2 Å². The van der Waals surface area contributed by atoms with Crippen LogP contribution in [0.5, 0.6) is 0 Å². The number of hydrogen-bond donors (Lipinski definition) is 3. The number of halogens is 1. The van der Waals surface area contributed by atoms with Crippen LogP contribution in [0.4, 0.5) is 5.69 Å². The van der Waals surface area contributed by atoms with Crippen LogP contribution in [0.25, 0.3) is 0 Å². The quantitative estimate of drug-likeness (QED) is 0.809. The van der Waals surface area contributed by atoms with Gasteiger partial charge in [-0.05, 0) is 35.9 Å². The summed E-state index contributed by atoms with van der Waals surface area (Å²) >= 11 is 5.85. The fraction of sp³-hybridized carbons (Fsp3) is 0.0667. The molecule has 0 unspecified atom stereocenters. The number of nitrogens with one attached hydrogen (secondary N) is 1. The zero-order chi connectivity index (χ0) is 15.4. The van der Waals surface area contributed by atoms with Crippen molar-refractivity contribution < 1.29 is 14.7 Å². The van der Waals surface area contributed by atoms with Crippen molar-refractivity contribution in [2.75, 3.05) is 5.32 Å². The molecule has 0 radical (unpaired) electrons. The fourth-order valence-corrected chi connectivity index (χ4v) is 2.02. The molecule has 0 heterocycles. The zero-order valence-electron chi connectivity index (χ0n) is 11.0. The summed E-state index contributed by atoms with van der Waals surface area (Å²) in [6.45, 7) is 0.411. The Hall–Kier alpha value is -2.37. The van der Waals surface area contributed by atoms with Gasteiger partial charge in [0.2, 0.25) is 0 Å². The normalized spacial score (nSPS) is 10.2. The molecule has 0 atom stereocenters. The highest BCUT2D eigenvalue weighted by atomic mass is 35.5. The maximum absolute atomic E-state index is 12.0. The number of carbonyl (C=O) groups excluding carboxylic acids is 1. The number of hydrogen-bond acceptors (Lipinski definition) is 3. The Labute approximate surface area is 126 Å². The van der Waals surface area contributed by atoms with Gasteiger partial charge in [0.05, 0.1) is 10.6 Å². The SMILES string of the molecule is NCc1ccc(C(=O)Nc2ccc(C(=O)O)c(Cl)c2)cc1. The molecule has 0 saturated carbocycles. The van der Waals surface area contributed by atoms with E-state index >= 15 is 0 Å². The molecule has 0 fully saturated rings. The Bertz CT molecular complexity index is 684. The predicted molar refractivity (Wildman–Crippen MR) is 80.7 cm³/mol. The number of amides is 1. The molecule has 6 heteroatoms. The van der Waals surface area contributed by atoms with Crippen molar-refractivity contribution in [2.45, 2.75) is 6.54 Å². The van der Waals surface area contributed by atoms with Gasteiger partial charge in [0, 0.05) is 17.8 Å². The Morgan fingerprint density at radius 2 is 1.81 bits per heavy atom. The summed E-state index contributed by atoms with van der Waals surface area (Å²) in [6, 6.07) is 11.1. The second kappa shape index (κ2) is 6.39. The van der Waals surface area contributed by atoms with E-state index in [1.54, 1.807) is 24.3 Å². The van der Waals surface area contributed by atoms with Gasteiger partial charge in [-0.1, -0.05) is 23.7 Å². The lowest BCUT2D eigenvalue weighted by Crippen LogP contribution is -2.12. The first kappa shape index (κ1) is 15.0. The van der Waals surface area contributed by atoms with E-state index in [1.807, 2.05) is 0 Å². The molecule has 5 nitrogen and oxygen atoms in total. The number of aromatic carboxylic acids is 1. The minimum absolute atomic E-state index is 0.0121. The van der Waals surface area contributed by atoms with Crippen molar-refractivity contribution in [1.29, 1.82) is 0 Å². The average Bonchev–Trinajstić information content (AvgIpc) is 2.47. The first-order valence-corrected chi connectivity index (χ1v) is 6.52. The third-order valence-electron chi connectivity index (χ3n) is 2.91. The largest absolute Gasteiger partial charge is 0.478 e. The molecule has 0 aliphatic heterocycles. The summed E-state index contributed by atoms with van der Waals surface area (Å²) < 4.78 is 0. The van der Waals surface area contributed by atoms with Crippen molar-refractivity contribution in [3.63, 3.8) is 0 Å². The lowest BCUT2D eigenvalue weighted by atomic mass is 10.1. The molecular formula is C15H13ClN2O3. The molecule has 0 spiro atoms. The van der Waals surface area contributed by atoms with Crippen LogP contribution in [0.1, 0.15) is 26.3 Å². The van der Waals surface area contributed by atoms with Crippen LogP contribution in [0.15, 0.2) is 42.5 Å². The predicted octanol–water partition coefficient (Wildman–Crippen LogP) is 2.75. The van der Waals surface area contributed by atoms with Gasteiger partial charge in [0.1, 0.15) is 0 Å². The van der Waals surface area contributed by atoms with E-state index in [0.29, 0.717) is 17.8 Å². The van der Waals surface area contributed by atoms with Gasteiger partial charge in [-0.25, -0.2) is 4.79 Å². The number of rotatable bonds is 4. The van der Waals surface area contributed by atoms with Crippen LogP contribution in [0.3, 0.4) is 0 Å². The topological polar surface area (TPSA) is 92.4 Å². The number of carbonyl (C=O) groups is 2. The lowest BCUT2D eigenvalue weighted by Gasteiger charge is -2.07. The maximum Gasteiger partial charge on any atom is 0.337 e. The summed E-state index contributed by atoms with van der Waals surface area (Å²) in [7, 11) is 0. The fourth-order valence-electron chi connectivity index (χ4n) is 1.76. The van der Waals surface area contributed by atoms with Crippen molar-refractivity contribution in [3.8, 4) is 0 Å². The van der Waals surface area contributed by atoms with Gasteiger partial charge in [0.25, 0.3) is 5.91 Å². The van der Waals surface area contributed by atoms with Crippen molar-refractivity contribution in [2.24, 2.45) is 5.73 Å². The second-order valence-corrected chi connectivity index (χ2v) is 4.76. The molecule has 0 saturated heterocycles. The molecule has 2 aromatic carbocycles. The molecule has 0 bridgehead atoms. The Kier molecular flexibility index (Phi) is 4.57. The van der Waals surface area contributed by atoms with Gasteiger partial charge in [-0.15, -0.1) is 0 Å². The highest BCUT2D eigenvalue weighted by Gasteiger charge is 2.11. The molecule has 2 rings (SSSR count). The van der Waals surface area contributed by atoms with Crippen LogP contribution in [-0.2, 0) is 6.54 Å². The minimum atomic E-state index is -1.12. The Morgan fingerprint density at radius 1 is 1.14 bits per heavy atom. The van der Waals surface area contributed by atoms with E-state index < -0.39 is 5.97 Å². The third kappa shape index (κ3) is 3.59. The van der Waals surface area contributed by atoms with E-state index in [1.165, 1.54) is 18.2 Å². The Balaban J connectivity index is 2.15. The molecule has 4 N–H and O–H groups in total. The molecular weight excluding hydrogens is 292 g/mol. The second-order valence-electron chi connectivity index (χ2n) is 4.35. The average molecular weight is 305 g/mol. The molecule has 2 aromatic rings. The number of carboxylic acids is 1. The molecule has 21 heavy (non-hydrogen) atoms. The number of carboxylic acid groups (broad SMARTS) is 1. The molecule has 1 amide bonds. The van der Waals surface area contributed by atoms with E-state index in [9.17, 15) is 9.59 Å². The highest BCUT2D eigenvalue weighted by molar-refractivity contribution is 6.33. The van der Waals surface area contributed by atoms with Crippen molar-refractivity contribution in [1.82, 2.24) is 0 Å². The third-order valence-corrected chi connectivity index (χ3v) is 3.22. The molecule has 108 valence electrons. The summed E-state index contributed by atoms with van der Waals surface area (Å²) in [5.41, 5.74) is 7.32. The van der Waals surface area contributed by atoms with E-state index in [-0.39, 0.29) is 16.5 Å². The van der Waals surface area contributed by atoms with E-state index in [0.717, 1.165) is 5.56 Å². The molecule has 0 aliphatic carbocycles. The first-order chi connectivity index (χ1) is 10.0. The van der Waals surface area contributed by atoms with Crippen LogP contribution < -0.4 is 11.1 Å². The summed E-state index contributed by atoms with van der Waals surface area (Å²) in [5.74, 6) is -1.42. The Morgan fingerprint density at radius 3 is 2.33 bits per heavy atom. The van der Waals surface area contributed by atoms with Crippen LogP contribution in [0, 0.1) is 0 Å². The highest BCUT2D eigenvalue weighted by Crippen LogP contribution is 2.21. The van der Waals surface area contributed by atoms with Crippen LogP contribution in [0.2, 0.25) is 5.02 Å². The van der Waals surface area contributed by atoms with Crippen LogP contribution >= 0.6 is 11.6 Å². The molecule has 0 aromatic heterocycles. The number of nitrogens with two attached hydrogens (primary N) is 1. The smallest absolute Gasteiger partial charge is 0.337 e. The van der Waals surface area contributed by atoms with Gasteiger partial charge < -0.3 is 16.2 Å². The van der Waals surface area contributed by atoms with Gasteiger partial charge >= 0.3 is 5.97 Å². The standard InChI is InChI=1S/C15H13ClN2O3/c16-13-7-11(5-6-12(13)15(20)21)18-14(19)10-3-1-9(8-17)2-4-10/h1-7H,8,17H2,(H,18,19)(H,20,21). The van der Waals surface area contributed by atoms with Gasteiger partial charge in [0.15, 0.2) is 0 Å². The number of anilines is 1. The van der Waals surface area contributed by atoms with Crippen LogP contribution in [-0.4, -0.2) is 17.0 Å². The summed E-state index contributed by atoms with van der Waals surface area (Å²) in [5, 5.41) is 11.6. The van der Waals surface area contributed by atoms with Gasteiger partial charge in [-0.2, -0.15) is 0 Å². The summed E-state index contributed by atoms with van der Waals surface area (Å²) in [6.07, 6.45) is 0. The van der Waals surface area contributed by atoms with Gasteiger partial charge in [-0.3, -0.25) is 4.79 Å². The van der Waals surface area contributed by atoms with E-state index in [4.69, 9.17) is 22.4 Å². The first-order valence-electron chi connectivity index (χ1n) is 6.14. The van der Waals surface area contributed by atoms with Crippen molar-refractivity contribution >= 4 is 29.2 Å². The molecule has 0 aliphatic rings.